The number of nitrogens with one attached hydrogen (secondary N) is 2. The van der Waals surface area contributed by atoms with Crippen LogP contribution >= 0.6 is 0 Å². The van der Waals surface area contributed by atoms with E-state index in [4.69, 9.17) is 9.15 Å². The second kappa shape index (κ2) is 8.33. The molecule has 27 heavy (non-hydrogen) atoms. The molecule has 1 atom stereocenters. The van der Waals surface area contributed by atoms with Gasteiger partial charge in [-0.1, -0.05) is 30.3 Å². The lowest BCUT2D eigenvalue weighted by Gasteiger charge is -2.16. The Kier molecular flexibility index (Phi) is 5.68. The maximum absolute atomic E-state index is 12.5. The monoisotopic (exact) mass is 364 g/mol. The molecule has 2 N–H and O–H groups in total. The molecule has 6 nitrogen and oxygen atoms in total. The number of rotatable bonds is 6. The molecule has 1 unspecified atom stereocenters. The number of anilines is 2. The number of hydrogen-bond donors (Lipinski definition) is 2. The predicted molar refractivity (Wildman–Crippen MR) is 103 cm³/mol. The highest BCUT2D eigenvalue weighted by Gasteiger charge is 2.19. The molecular weight excluding hydrogens is 344 g/mol. The van der Waals surface area contributed by atoms with Crippen molar-refractivity contribution in [2.45, 2.75) is 13.0 Å². The minimum Gasteiger partial charge on any atom is -0.456 e. The molecule has 3 rings (SSSR count). The number of carbonyl (C=O) groups excluding carboxylic acids is 2. The summed E-state index contributed by atoms with van der Waals surface area (Å²) in [5.74, 6) is 0.315. The van der Waals surface area contributed by atoms with E-state index in [0.717, 1.165) is 5.56 Å². The molecule has 0 fully saturated rings. The zero-order valence-electron chi connectivity index (χ0n) is 15.1. The molecule has 0 aliphatic rings. The molecule has 3 aromatic rings. The largest absolute Gasteiger partial charge is 0.456 e. The van der Waals surface area contributed by atoms with E-state index in [1.54, 1.807) is 43.3 Å². The van der Waals surface area contributed by atoms with Crippen LogP contribution in [-0.4, -0.2) is 18.9 Å². The number of carbonyl (C=O) groups is 2. The van der Waals surface area contributed by atoms with Gasteiger partial charge in [-0.25, -0.2) is 0 Å². The normalized spacial score (nSPS) is 11.6. The second-order valence-corrected chi connectivity index (χ2v) is 5.96. The molecule has 0 aliphatic heterocycles. The molecule has 0 saturated heterocycles. The summed E-state index contributed by atoms with van der Waals surface area (Å²) < 4.78 is 10.6. The van der Waals surface area contributed by atoms with Crippen LogP contribution in [0.15, 0.2) is 71.1 Å². The van der Waals surface area contributed by atoms with Gasteiger partial charge in [0, 0.05) is 18.5 Å². The van der Waals surface area contributed by atoms with Crippen LogP contribution < -0.4 is 10.6 Å². The highest BCUT2D eigenvalue weighted by molar-refractivity contribution is 6.02. The van der Waals surface area contributed by atoms with E-state index in [9.17, 15) is 9.59 Å². The van der Waals surface area contributed by atoms with Crippen molar-refractivity contribution < 1.29 is 18.7 Å². The Balaban J connectivity index is 1.63. The molecule has 1 aromatic heterocycles. The summed E-state index contributed by atoms with van der Waals surface area (Å²) >= 11 is 0. The average Bonchev–Trinajstić information content (AvgIpc) is 3.11. The van der Waals surface area contributed by atoms with Crippen LogP contribution in [0.25, 0.3) is 0 Å². The summed E-state index contributed by atoms with van der Waals surface area (Å²) in [6, 6.07) is 19.4. The van der Waals surface area contributed by atoms with Gasteiger partial charge in [-0.05, 0) is 48.9 Å². The SMILES string of the molecule is COC(C(=O)Nc1ccc(NC(=O)c2ccc(C)o2)cc1)c1ccccc1. The van der Waals surface area contributed by atoms with Crippen molar-refractivity contribution in [3.05, 3.63) is 83.8 Å². The first kappa shape index (κ1) is 18.4. The van der Waals surface area contributed by atoms with E-state index >= 15 is 0 Å². The lowest BCUT2D eigenvalue weighted by atomic mass is 10.1. The molecule has 2 aromatic carbocycles. The van der Waals surface area contributed by atoms with Gasteiger partial charge in [0.2, 0.25) is 0 Å². The fourth-order valence-corrected chi connectivity index (χ4v) is 2.62. The lowest BCUT2D eigenvalue weighted by molar-refractivity contribution is -0.126. The molecule has 1 heterocycles. The van der Waals surface area contributed by atoms with Crippen LogP contribution in [0.3, 0.4) is 0 Å². The smallest absolute Gasteiger partial charge is 0.291 e. The predicted octanol–water partition coefficient (Wildman–Crippen LogP) is 4.17. The highest BCUT2D eigenvalue weighted by atomic mass is 16.5. The Labute approximate surface area is 157 Å². The Morgan fingerprint density at radius 2 is 1.52 bits per heavy atom. The van der Waals surface area contributed by atoms with E-state index in [1.165, 1.54) is 7.11 Å². The van der Waals surface area contributed by atoms with Gasteiger partial charge < -0.3 is 19.8 Å². The van der Waals surface area contributed by atoms with E-state index in [0.29, 0.717) is 17.1 Å². The third kappa shape index (κ3) is 4.62. The first-order valence-electron chi connectivity index (χ1n) is 8.43. The zero-order chi connectivity index (χ0) is 19.2. The van der Waals surface area contributed by atoms with Crippen LogP contribution in [0.4, 0.5) is 11.4 Å². The maximum Gasteiger partial charge on any atom is 0.291 e. The van der Waals surface area contributed by atoms with Gasteiger partial charge in [-0.3, -0.25) is 9.59 Å². The summed E-state index contributed by atoms with van der Waals surface area (Å²) in [5.41, 5.74) is 1.97. The van der Waals surface area contributed by atoms with Crippen molar-refractivity contribution >= 4 is 23.2 Å². The molecule has 6 heteroatoms. The number of benzene rings is 2. The molecule has 0 saturated carbocycles. The summed E-state index contributed by atoms with van der Waals surface area (Å²) in [6.45, 7) is 1.77. The van der Waals surface area contributed by atoms with Gasteiger partial charge in [-0.2, -0.15) is 0 Å². The van der Waals surface area contributed by atoms with Crippen molar-refractivity contribution in [1.29, 1.82) is 0 Å². The first-order valence-corrected chi connectivity index (χ1v) is 8.43. The van der Waals surface area contributed by atoms with E-state index in [2.05, 4.69) is 10.6 Å². The zero-order valence-corrected chi connectivity index (χ0v) is 15.1. The van der Waals surface area contributed by atoms with Crippen LogP contribution in [0.5, 0.6) is 0 Å². The van der Waals surface area contributed by atoms with Gasteiger partial charge in [0.1, 0.15) is 5.76 Å². The Morgan fingerprint density at radius 1 is 0.889 bits per heavy atom. The van der Waals surface area contributed by atoms with Crippen LogP contribution in [0.1, 0.15) is 28.0 Å². The molecule has 2 amide bonds. The number of methoxy groups -OCH3 is 1. The number of hydrogen-bond acceptors (Lipinski definition) is 4. The summed E-state index contributed by atoms with van der Waals surface area (Å²) in [5, 5.41) is 5.55. The van der Waals surface area contributed by atoms with Crippen molar-refractivity contribution in [2.75, 3.05) is 17.7 Å². The third-order valence-electron chi connectivity index (χ3n) is 3.95. The summed E-state index contributed by atoms with van der Waals surface area (Å²) in [6.07, 6.45) is -0.701. The van der Waals surface area contributed by atoms with Gasteiger partial charge >= 0.3 is 0 Å². The minimum absolute atomic E-state index is 0.246. The molecule has 0 radical (unpaired) electrons. The Bertz CT molecular complexity index is 917. The molecule has 0 spiro atoms. The van der Waals surface area contributed by atoms with Gasteiger partial charge in [0.15, 0.2) is 11.9 Å². The average molecular weight is 364 g/mol. The number of aryl methyl sites for hydroxylation is 1. The third-order valence-corrected chi connectivity index (χ3v) is 3.95. The Hall–Kier alpha value is -3.38. The molecular formula is C21H20N2O4. The van der Waals surface area contributed by atoms with Crippen molar-refractivity contribution in [2.24, 2.45) is 0 Å². The van der Waals surface area contributed by atoms with Crippen LogP contribution in [0, 0.1) is 6.92 Å². The summed E-state index contributed by atoms with van der Waals surface area (Å²) in [7, 11) is 1.49. The van der Waals surface area contributed by atoms with Crippen LogP contribution in [-0.2, 0) is 9.53 Å². The fourth-order valence-electron chi connectivity index (χ4n) is 2.62. The van der Waals surface area contributed by atoms with Crippen molar-refractivity contribution in [3.63, 3.8) is 0 Å². The number of ether oxygens (including phenoxy) is 1. The number of amides is 2. The minimum atomic E-state index is -0.701. The number of furan rings is 1. The van der Waals surface area contributed by atoms with Crippen molar-refractivity contribution in [1.82, 2.24) is 0 Å². The summed E-state index contributed by atoms with van der Waals surface area (Å²) in [4.78, 5) is 24.6. The topological polar surface area (TPSA) is 80.6 Å². The van der Waals surface area contributed by atoms with Gasteiger partial charge in [0.05, 0.1) is 0 Å². The first-order chi connectivity index (χ1) is 13.1. The Morgan fingerprint density at radius 3 is 2.07 bits per heavy atom. The standard InChI is InChI=1S/C21H20N2O4/c1-14-8-13-18(27-14)20(24)22-16-9-11-17(12-10-16)23-21(25)19(26-2)15-6-4-3-5-7-15/h3-13,19H,1-2H3,(H,22,24)(H,23,25). The van der Waals surface area contributed by atoms with Crippen molar-refractivity contribution in [3.8, 4) is 0 Å². The van der Waals surface area contributed by atoms with E-state index in [-0.39, 0.29) is 17.6 Å². The quantitative estimate of drug-likeness (QED) is 0.688. The van der Waals surface area contributed by atoms with Gasteiger partial charge in [0.25, 0.3) is 11.8 Å². The van der Waals surface area contributed by atoms with E-state index < -0.39 is 6.10 Å². The lowest BCUT2D eigenvalue weighted by Crippen LogP contribution is -2.22. The second-order valence-electron chi connectivity index (χ2n) is 5.96. The van der Waals surface area contributed by atoms with Crippen LogP contribution in [0.2, 0.25) is 0 Å². The maximum atomic E-state index is 12.5. The highest BCUT2D eigenvalue weighted by Crippen LogP contribution is 2.20. The fraction of sp³-hybridized carbons (Fsp3) is 0.143. The molecule has 138 valence electrons. The molecule has 0 bridgehead atoms. The van der Waals surface area contributed by atoms with Gasteiger partial charge in [-0.15, -0.1) is 0 Å². The van der Waals surface area contributed by atoms with E-state index in [1.807, 2.05) is 30.3 Å². The molecule has 0 aliphatic carbocycles.